The number of amides is 2. The van der Waals surface area contributed by atoms with Crippen LogP contribution >= 0.6 is 11.5 Å². The number of hydrogen-bond acceptors (Lipinski definition) is 7. The Morgan fingerprint density at radius 2 is 2.03 bits per heavy atom. The van der Waals surface area contributed by atoms with Crippen LogP contribution < -0.4 is 15.4 Å². The molecule has 0 spiro atoms. The summed E-state index contributed by atoms with van der Waals surface area (Å²) in [6, 6.07) is 2.36. The monoisotopic (exact) mass is 468 g/mol. The van der Waals surface area contributed by atoms with E-state index in [1.165, 1.54) is 19.2 Å². The van der Waals surface area contributed by atoms with Crippen LogP contribution in [0.25, 0.3) is 0 Å². The largest absolute Gasteiger partial charge is 0.471 e. The number of urea groups is 1. The quantitative estimate of drug-likeness (QED) is 0.574. The topological polar surface area (TPSA) is 92.8 Å². The number of aryl methyl sites for hydroxylation is 1. The predicted octanol–water partition coefficient (Wildman–Crippen LogP) is 3.70. The molecule has 3 rings (SSSR count). The standard InChI is InChI=1S/C21H26F2N4O4S/c1-12-9-15(22)14(16(23)10-12)11-31-18-17(20(28)30-3)19(32-26-18)25-21(29)24-6-8-27-7-4-5-13(27)2/h9-10,13H,4-8,11H2,1-3H3,(H2,24,25,29). The first-order valence-electron chi connectivity index (χ1n) is 10.2. The molecule has 1 aromatic carbocycles. The molecule has 0 aliphatic carbocycles. The lowest BCUT2D eigenvalue weighted by Gasteiger charge is -2.20. The number of carbonyl (C=O) groups excluding carboxylic acids is 2. The molecular formula is C21H26F2N4O4S. The molecule has 1 fully saturated rings. The van der Waals surface area contributed by atoms with E-state index in [2.05, 4.69) is 26.8 Å². The smallest absolute Gasteiger partial charge is 0.346 e. The minimum atomic E-state index is -0.792. The zero-order chi connectivity index (χ0) is 23.3. The minimum absolute atomic E-state index is 0.115. The molecule has 2 amide bonds. The van der Waals surface area contributed by atoms with E-state index >= 15 is 0 Å². The molecule has 1 aromatic heterocycles. The third-order valence-corrected chi connectivity index (χ3v) is 6.04. The van der Waals surface area contributed by atoms with Crippen LogP contribution in [-0.2, 0) is 11.3 Å². The Morgan fingerprint density at radius 1 is 1.31 bits per heavy atom. The Balaban J connectivity index is 1.64. The van der Waals surface area contributed by atoms with Crippen molar-refractivity contribution in [1.82, 2.24) is 14.6 Å². The van der Waals surface area contributed by atoms with E-state index in [9.17, 15) is 18.4 Å². The fraction of sp³-hybridized carbons (Fsp3) is 0.476. The van der Waals surface area contributed by atoms with E-state index in [1.807, 2.05) is 0 Å². The van der Waals surface area contributed by atoms with Crippen LogP contribution in [0.5, 0.6) is 5.88 Å². The van der Waals surface area contributed by atoms with Crippen molar-refractivity contribution in [1.29, 1.82) is 0 Å². The Hall–Kier alpha value is -2.79. The normalized spacial score (nSPS) is 16.1. The molecule has 1 saturated heterocycles. The molecule has 8 nitrogen and oxygen atoms in total. The number of halogens is 2. The molecule has 11 heteroatoms. The fourth-order valence-electron chi connectivity index (χ4n) is 3.53. The molecule has 2 aromatic rings. The number of nitrogens with zero attached hydrogens (tertiary/aromatic N) is 2. The molecule has 32 heavy (non-hydrogen) atoms. The lowest BCUT2D eigenvalue weighted by molar-refractivity contribution is 0.0596. The van der Waals surface area contributed by atoms with Gasteiger partial charge in [-0.2, -0.15) is 4.37 Å². The van der Waals surface area contributed by atoms with Crippen LogP contribution in [0.4, 0.5) is 18.6 Å². The Labute approximate surface area is 189 Å². The highest BCUT2D eigenvalue weighted by molar-refractivity contribution is 7.11. The van der Waals surface area contributed by atoms with E-state index in [0.717, 1.165) is 37.5 Å². The SMILES string of the molecule is COC(=O)c1c(OCc2c(F)cc(C)cc2F)nsc1NC(=O)NCCN1CCCC1C. The summed E-state index contributed by atoms with van der Waals surface area (Å²) in [5.74, 6) is -2.49. The third-order valence-electron chi connectivity index (χ3n) is 5.29. The van der Waals surface area contributed by atoms with Gasteiger partial charge in [-0.1, -0.05) is 0 Å². The van der Waals surface area contributed by atoms with Crippen molar-refractivity contribution in [2.24, 2.45) is 0 Å². The van der Waals surface area contributed by atoms with Crippen molar-refractivity contribution in [3.8, 4) is 5.88 Å². The van der Waals surface area contributed by atoms with Gasteiger partial charge >= 0.3 is 12.0 Å². The van der Waals surface area contributed by atoms with Gasteiger partial charge in [0.15, 0.2) is 5.56 Å². The van der Waals surface area contributed by atoms with Crippen LogP contribution in [-0.4, -0.2) is 54.1 Å². The van der Waals surface area contributed by atoms with E-state index in [0.29, 0.717) is 18.2 Å². The fourth-order valence-corrected chi connectivity index (χ4v) is 4.25. The summed E-state index contributed by atoms with van der Waals surface area (Å²) in [6.07, 6.45) is 2.30. The zero-order valence-electron chi connectivity index (χ0n) is 18.2. The number of hydrogen-bond donors (Lipinski definition) is 2. The van der Waals surface area contributed by atoms with E-state index < -0.39 is 30.2 Å². The molecule has 0 bridgehead atoms. The van der Waals surface area contributed by atoms with Gasteiger partial charge in [0.25, 0.3) is 0 Å². The van der Waals surface area contributed by atoms with Crippen LogP contribution in [0.3, 0.4) is 0 Å². The van der Waals surface area contributed by atoms with E-state index in [4.69, 9.17) is 9.47 Å². The first-order chi connectivity index (χ1) is 15.3. The summed E-state index contributed by atoms with van der Waals surface area (Å²) >= 11 is 0.808. The zero-order valence-corrected chi connectivity index (χ0v) is 19.0. The average molecular weight is 469 g/mol. The second-order valence-corrected chi connectivity index (χ2v) is 8.36. The third kappa shape index (κ3) is 5.71. The van der Waals surface area contributed by atoms with Crippen LogP contribution in [0.15, 0.2) is 12.1 Å². The second-order valence-electron chi connectivity index (χ2n) is 7.59. The number of aromatic nitrogens is 1. The summed E-state index contributed by atoms with van der Waals surface area (Å²) in [5, 5.41) is 5.43. The van der Waals surface area contributed by atoms with Crippen molar-refractivity contribution >= 4 is 28.5 Å². The summed E-state index contributed by atoms with van der Waals surface area (Å²) < 4.78 is 42.3. The molecule has 0 saturated carbocycles. The predicted molar refractivity (Wildman–Crippen MR) is 116 cm³/mol. The summed E-state index contributed by atoms with van der Waals surface area (Å²) in [6.45, 7) is 5.42. The van der Waals surface area contributed by atoms with E-state index in [-0.39, 0.29) is 22.0 Å². The summed E-state index contributed by atoms with van der Waals surface area (Å²) in [4.78, 5) is 26.8. The van der Waals surface area contributed by atoms with Crippen molar-refractivity contribution < 1.29 is 27.8 Å². The number of methoxy groups -OCH3 is 1. The Morgan fingerprint density at radius 3 is 2.66 bits per heavy atom. The van der Waals surface area contributed by atoms with Crippen LogP contribution in [0, 0.1) is 18.6 Å². The highest BCUT2D eigenvalue weighted by atomic mass is 32.1. The number of benzene rings is 1. The molecular weight excluding hydrogens is 442 g/mol. The van der Waals surface area contributed by atoms with Gasteiger partial charge < -0.3 is 14.8 Å². The Bertz CT molecular complexity index is 962. The highest BCUT2D eigenvalue weighted by Gasteiger charge is 2.26. The lowest BCUT2D eigenvalue weighted by Crippen LogP contribution is -2.38. The first kappa shape index (κ1) is 23.9. The maximum Gasteiger partial charge on any atom is 0.346 e. The number of ether oxygens (including phenoxy) is 2. The summed E-state index contributed by atoms with van der Waals surface area (Å²) in [7, 11) is 1.17. The number of likely N-dealkylation sites (tertiary alicyclic amines) is 1. The van der Waals surface area contributed by atoms with Crippen molar-refractivity contribution in [3.05, 3.63) is 40.5 Å². The molecule has 2 heterocycles. The van der Waals surface area contributed by atoms with Gasteiger partial charge in [-0.25, -0.2) is 18.4 Å². The first-order valence-corrected chi connectivity index (χ1v) is 11.0. The van der Waals surface area contributed by atoms with Gasteiger partial charge in [0.2, 0.25) is 5.88 Å². The lowest BCUT2D eigenvalue weighted by atomic mass is 10.1. The maximum atomic E-state index is 14.1. The van der Waals surface area contributed by atoms with Gasteiger partial charge in [-0.3, -0.25) is 10.2 Å². The second kappa shape index (κ2) is 10.7. The van der Waals surface area contributed by atoms with E-state index in [1.54, 1.807) is 6.92 Å². The highest BCUT2D eigenvalue weighted by Crippen LogP contribution is 2.32. The van der Waals surface area contributed by atoms with Gasteiger partial charge in [0.05, 0.1) is 12.7 Å². The van der Waals surface area contributed by atoms with Crippen molar-refractivity contribution in [2.45, 2.75) is 39.3 Å². The maximum absolute atomic E-state index is 14.1. The van der Waals surface area contributed by atoms with Gasteiger partial charge in [-0.05, 0) is 62.5 Å². The van der Waals surface area contributed by atoms with Crippen LogP contribution in [0.2, 0.25) is 0 Å². The van der Waals surface area contributed by atoms with Crippen molar-refractivity contribution in [3.63, 3.8) is 0 Å². The molecule has 1 aliphatic rings. The van der Waals surface area contributed by atoms with Gasteiger partial charge in [-0.15, -0.1) is 0 Å². The minimum Gasteiger partial charge on any atom is -0.471 e. The van der Waals surface area contributed by atoms with Crippen LogP contribution in [0.1, 0.15) is 41.3 Å². The summed E-state index contributed by atoms with van der Waals surface area (Å²) in [5.41, 5.74) is 0.0286. The molecule has 1 aliphatic heterocycles. The molecule has 2 N–H and O–H groups in total. The molecule has 174 valence electrons. The Kier molecular flexibility index (Phi) is 7.97. The number of nitrogens with one attached hydrogen (secondary N) is 2. The number of carbonyl (C=O) groups is 2. The molecule has 1 unspecified atom stereocenters. The average Bonchev–Trinajstić information content (AvgIpc) is 3.32. The number of esters is 1. The van der Waals surface area contributed by atoms with Crippen molar-refractivity contribution in [2.75, 3.05) is 32.1 Å². The molecule has 1 atom stereocenters. The van der Waals surface area contributed by atoms with Gasteiger partial charge in [0, 0.05) is 19.1 Å². The molecule has 0 radical (unpaired) electrons. The number of anilines is 1. The number of rotatable bonds is 8. The van der Waals surface area contributed by atoms with Gasteiger partial charge in [0.1, 0.15) is 23.2 Å².